The fourth-order valence-corrected chi connectivity index (χ4v) is 1.54. The van der Waals surface area contributed by atoms with Crippen LogP contribution in [0.3, 0.4) is 0 Å². The third-order valence-corrected chi connectivity index (χ3v) is 2.42. The molecule has 6 nitrogen and oxygen atoms in total. The van der Waals surface area contributed by atoms with E-state index in [1.807, 2.05) is 6.92 Å². The highest BCUT2D eigenvalue weighted by atomic mass is 16.4. The molecule has 0 fully saturated rings. The number of phenols is 1. The Bertz CT molecular complexity index is 472. The number of hydrogen-bond acceptors (Lipinski definition) is 4. The van der Waals surface area contributed by atoms with Crippen molar-refractivity contribution in [2.45, 2.75) is 26.3 Å². The van der Waals surface area contributed by atoms with Gasteiger partial charge in [0.05, 0.1) is 5.56 Å². The Morgan fingerprint density at radius 2 is 2.22 bits per heavy atom. The molecule has 1 amide bonds. The molecule has 1 unspecified atom stereocenters. The summed E-state index contributed by atoms with van der Waals surface area (Å²) < 4.78 is 0. The monoisotopic (exact) mass is 251 g/mol. The predicted octanol–water partition coefficient (Wildman–Crippen LogP) is 0.955. The van der Waals surface area contributed by atoms with Crippen LogP contribution in [0, 0.1) is 6.92 Å². The van der Waals surface area contributed by atoms with Gasteiger partial charge in [0.25, 0.3) is 5.91 Å². The number of phenolic OH excluding ortho intramolecular Hbond substituents is 1. The number of benzene rings is 1. The third kappa shape index (κ3) is 3.65. The van der Waals surface area contributed by atoms with E-state index in [1.54, 1.807) is 19.1 Å². The lowest BCUT2D eigenvalue weighted by molar-refractivity contribution is 0.0938. The van der Waals surface area contributed by atoms with E-state index in [2.05, 4.69) is 10.5 Å². The number of carbonyl (C=O) groups is 1. The Morgan fingerprint density at radius 3 is 2.78 bits per heavy atom. The average molecular weight is 251 g/mol. The van der Waals surface area contributed by atoms with Crippen molar-refractivity contribution in [3.63, 3.8) is 0 Å². The lowest BCUT2D eigenvalue weighted by Gasteiger charge is -2.13. The summed E-state index contributed by atoms with van der Waals surface area (Å²) >= 11 is 0. The fourth-order valence-electron chi connectivity index (χ4n) is 1.54. The maximum absolute atomic E-state index is 11.8. The van der Waals surface area contributed by atoms with Crippen LogP contribution >= 0.6 is 0 Å². The predicted molar refractivity (Wildman–Crippen MR) is 67.8 cm³/mol. The van der Waals surface area contributed by atoms with Gasteiger partial charge in [0.2, 0.25) is 0 Å². The summed E-state index contributed by atoms with van der Waals surface area (Å²) in [6, 6.07) is 4.51. The zero-order chi connectivity index (χ0) is 13.7. The summed E-state index contributed by atoms with van der Waals surface area (Å²) in [6.07, 6.45) is 0.231. The zero-order valence-corrected chi connectivity index (χ0v) is 10.3. The average Bonchev–Trinajstić information content (AvgIpc) is 2.28. The largest absolute Gasteiger partial charge is 0.507 e. The van der Waals surface area contributed by atoms with Gasteiger partial charge in [0.15, 0.2) is 0 Å². The van der Waals surface area contributed by atoms with Crippen LogP contribution in [0.1, 0.15) is 29.3 Å². The molecule has 0 aliphatic heterocycles. The first-order chi connectivity index (χ1) is 8.43. The quantitative estimate of drug-likeness (QED) is 0.276. The summed E-state index contributed by atoms with van der Waals surface area (Å²) in [7, 11) is 0. The van der Waals surface area contributed by atoms with Gasteiger partial charge < -0.3 is 21.4 Å². The van der Waals surface area contributed by atoms with E-state index in [-0.39, 0.29) is 29.6 Å². The highest BCUT2D eigenvalue weighted by molar-refractivity contribution is 5.97. The molecule has 0 radical (unpaired) electrons. The number of amides is 1. The van der Waals surface area contributed by atoms with Crippen molar-refractivity contribution in [1.29, 1.82) is 0 Å². The SMILES string of the molecule is Cc1ccc(C(=O)NC(C)CC(N)=NO)c(O)c1. The molecule has 0 saturated carbocycles. The molecule has 0 heterocycles. The highest BCUT2D eigenvalue weighted by Gasteiger charge is 2.14. The fraction of sp³-hybridized carbons (Fsp3) is 0.333. The van der Waals surface area contributed by atoms with Crippen molar-refractivity contribution in [3.05, 3.63) is 29.3 Å². The zero-order valence-electron chi connectivity index (χ0n) is 10.3. The maximum Gasteiger partial charge on any atom is 0.255 e. The number of oxime groups is 1. The first-order valence-corrected chi connectivity index (χ1v) is 5.51. The summed E-state index contributed by atoms with van der Waals surface area (Å²) in [4.78, 5) is 11.8. The second kappa shape index (κ2) is 5.90. The van der Waals surface area contributed by atoms with Gasteiger partial charge >= 0.3 is 0 Å². The molecule has 0 aliphatic carbocycles. The first kappa shape index (κ1) is 13.8. The molecule has 0 aromatic heterocycles. The number of amidine groups is 1. The van der Waals surface area contributed by atoms with Crippen molar-refractivity contribution in [3.8, 4) is 5.75 Å². The molecule has 1 aromatic rings. The van der Waals surface area contributed by atoms with Crippen LogP contribution in [0.25, 0.3) is 0 Å². The topological polar surface area (TPSA) is 108 Å². The minimum Gasteiger partial charge on any atom is -0.507 e. The third-order valence-electron chi connectivity index (χ3n) is 2.42. The van der Waals surface area contributed by atoms with Gasteiger partial charge in [-0.15, -0.1) is 0 Å². The van der Waals surface area contributed by atoms with Crippen LogP contribution in [0.15, 0.2) is 23.4 Å². The van der Waals surface area contributed by atoms with E-state index in [1.165, 1.54) is 6.07 Å². The van der Waals surface area contributed by atoms with Gasteiger partial charge in [-0.2, -0.15) is 0 Å². The lowest BCUT2D eigenvalue weighted by Crippen LogP contribution is -2.35. The molecule has 5 N–H and O–H groups in total. The first-order valence-electron chi connectivity index (χ1n) is 5.51. The van der Waals surface area contributed by atoms with E-state index < -0.39 is 5.91 Å². The normalized spacial score (nSPS) is 13.1. The van der Waals surface area contributed by atoms with Crippen LogP contribution in [0.2, 0.25) is 0 Å². The molecule has 18 heavy (non-hydrogen) atoms. The molecule has 1 atom stereocenters. The highest BCUT2D eigenvalue weighted by Crippen LogP contribution is 2.18. The van der Waals surface area contributed by atoms with Gasteiger partial charge in [-0.25, -0.2) is 0 Å². The number of nitrogens with two attached hydrogens (primary N) is 1. The van der Waals surface area contributed by atoms with E-state index in [9.17, 15) is 9.90 Å². The Balaban J connectivity index is 2.71. The summed E-state index contributed by atoms with van der Waals surface area (Å²) in [5.74, 6) is -0.426. The number of carbonyl (C=O) groups excluding carboxylic acids is 1. The number of aromatic hydroxyl groups is 1. The lowest BCUT2D eigenvalue weighted by atomic mass is 10.1. The number of nitrogens with one attached hydrogen (secondary N) is 1. The number of nitrogens with zero attached hydrogens (tertiary/aromatic N) is 1. The van der Waals surface area contributed by atoms with E-state index in [0.29, 0.717) is 0 Å². The Morgan fingerprint density at radius 1 is 1.56 bits per heavy atom. The molecular weight excluding hydrogens is 234 g/mol. The Hall–Kier alpha value is -2.24. The number of aryl methyl sites for hydroxylation is 1. The van der Waals surface area contributed by atoms with E-state index in [4.69, 9.17) is 10.9 Å². The van der Waals surface area contributed by atoms with E-state index >= 15 is 0 Å². The van der Waals surface area contributed by atoms with Crippen LogP contribution in [-0.2, 0) is 0 Å². The second-order valence-corrected chi connectivity index (χ2v) is 4.19. The minimum absolute atomic E-state index is 0.0379. The number of hydrogen-bond donors (Lipinski definition) is 4. The van der Waals surface area contributed by atoms with Crippen molar-refractivity contribution in [2.24, 2.45) is 10.9 Å². The summed E-state index contributed by atoms with van der Waals surface area (Å²) in [5.41, 5.74) is 6.41. The van der Waals surface area contributed by atoms with Crippen LogP contribution < -0.4 is 11.1 Å². The summed E-state index contributed by atoms with van der Waals surface area (Å²) in [6.45, 7) is 3.55. The van der Waals surface area contributed by atoms with Crippen LogP contribution in [0.4, 0.5) is 0 Å². The second-order valence-electron chi connectivity index (χ2n) is 4.19. The van der Waals surface area contributed by atoms with Gasteiger partial charge in [-0.05, 0) is 31.5 Å². The number of rotatable bonds is 4. The molecular formula is C12H17N3O3. The molecule has 1 rings (SSSR count). The molecule has 0 saturated heterocycles. The standard InChI is InChI=1S/C12H17N3O3/c1-7-3-4-9(10(16)5-7)12(17)14-8(2)6-11(13)15-18/h3-5,8,16,18H,6H2,1-2H3,(H2,13,15)(H,14,17). The van der Waals surface area contributed by atoms with Gasteiger partial charge in [0, 0.05) is 12.5 Å². The molecule has 1 aromatic carbocycles. The van der Waals surface area contributed by atoms with Crippen LogP contribution in [-0.4, -0.2) is 28.1 Å². The van der Waals surface area contributed by atoms with Crippen molar-refractivity contribution < 1.29 is 15.1 Å². The smallest absolute Gasteiger partial charge is 0.255 e. The van der Waals surface area contributed by atoms with Crippen molar-refractivity contribution >= 4 is 11.7 Å². The van der Waals surface area contributed by atoms with E-state index in [0.717, 1.165) is 5.56 Å². The van der Waals surface area contributed by atoms with Crippen LogP contribution in [0.5, 0.6) is 5.75 Å². The summed E-state index contributed by atoms with van der Waals surface area (Å²) in [5, 5.41) is 23.6. The Kier molecular flexibility index (Phi) is 4.53. The van der Waals surface area contributed by atoms with Crippen molar-refractivity contribution in [1.82, 2.24) is 5.32 Å². The molecule has 0 bridgehead atoms. The maximum atomic E-state index is 11.8. The van der Waals surface area contributed by atoms with Gasteiger partial charge in [0.1, 0.15) is 11.6 Å². The Labute approximate surface area is 105 Å². The molecule has 0 spiro atoms. The van der Waals surface area contributed by atoms with Gasteiger partial charge in [-0.1, -0.05) is 11.2 Å². The molecule has 0 aliphatic rings. The molecule has 98 valence electrons. The van der Waals surface area contributed by atoms with Gasteiger partial charge in [-0.3, -0.25) is 4.79 Å². The van der Waals surface area contributed by atoms with Crippen molar-refractivity contribution in [2.75, 3.05) is 0 Å². The molecule has 6 heteroatoms. The minimum atomic E-state index is -0.397.